The van der Waals surface area contributed by atoms with Crippen LogP contribution in [0.1, 0.15) is 40.5 Å². The maximum absolute atomic E-state index is 2.48. The van der Waals surface area contributed by atoms with Gasteiger partial charge in [0, 0.05) is 0 Å². The van der Waals surface area contributed by atoms with Crippen LogP contribution in [0.15, 0.2) is 0 Å². The number of rotatable bonds is 3. The summed E-state index contributed by atoms with van der Waals surface area (Å²) in [5.41, 5.74) is 4.40. The van der Waals surface area contributed by atoms with Gasteiger partial charge < -0.3 is 0 Å². The minimum Gasteiger partial charge on any atom is -0.100 e. The van der Waals surface area contributed by atoms with Crippen molar-refractivity contribution < 1.29 is 0 Å². The molecule has 0 amide bonds. The monoisotopic (exact) mass is 230 g/mol. The van der Waals surface area contributed by atoms with E-state index in [-0.39, 0.29) is 0 Å². The molecule has 2 aliphatic heterocycles. The van der Waals surface area contributed by atoms with Crippen LogP contribution in [0.25, 0.3) is 0 Å². The fraction of sp³-hybridized carbons (Fsp3) is 1.00. The summed E-state index contributed by atoms with van der Waals surface area (Å²) in [6.45, 7) is 9.92. The Morgan fingerprint density at radius 2 is 1.00 bits per heavy atom. The average molecular weight is 230 g/mol. The van der Waals surface area contributed by atoms with Crippen LogP contribution in [0.2, 0.25) is 0 Å². The summed E-state index contributed by atoms with van der Waals surface area (Å²) in [6, 6.07) is 0. The molecule has 82 valence electrons. The summed E-state index contributed by atoms with van der Waals surface area (Å²) in [5.74, 6) is 0. The Hall–Kier alpha value is 0.860. The highest BCUT2D eigenvalue weighted by atomic mass is 31.1. The second-order valence-corrected chi connectivity index (χ2v) is 11.8. The largest absolute Gasteiger partial charge is 0.100 e. The molecule has 2 heteroatoms. The zero-order chi connectivity index (χ0) is 10.3. The third-order valence-corrected chi connectivity index (χ3v) is 11.5. The first-order valence-electron chi connectivity index (χ1n) is 6.11. The second kappa shape index (κ2) is 4.39. The van der Waals surface area contributed by atoms with Gasteiger partial charge in [0.25, 0.3) is 0 Å². The third-order valence-electron chi connectivity index (χ3n) is 4.25. The van der Waals surface area contributed by atoms with Gasteiger partial charge in [-0.1, -0.05) is 27.7 Å². The van der Waals surface area contributed by atoms with E-state index in [1.54, 1.807) is 12.3 Å². The Morgan fingerprint density at radius 3 is 1.21 bits per heavy atom. The van der Waals surface area contributed by atoms with Crippen molar-refractivity contribution in [3.63, 3.8) is 0 Å². The molecule has 0 aromatic carbocycles. The van der Waals surface area contributed by atoms with Gasteiger partial charge in [-0.05, 0) is 47.8 Å². The molecule has 4 atom stereocenters. The third kappa shape index (κ3) is 2.03. The fourth-order valence-corrected chi connectivity index (χ4v) is 10.1. The first-order chi connectivity index (χ1) is 6.59. The van der Waals surface area contributed by atoms with Crippen LogP contribution < -0.4 is 0 Å². The van der Waals surface area contributed by atoms with Crippen molar-refractivity contribution in [1.29, 1.82) is 0 Å². The van der Waals surface area contributed by atoms with Crippen molar-refractivity contribution in [2.24, 2.45) is 0 Å². The minimum absolute atomic E-state index is 0.454. The zero-order valence-electron chi connectivity index (χ0n) is 10.0. The summed E-state index contributed by atoms with van der Waals surface area (Å²) in [7, 11) is 0.907. The highest BCUT2D eigenvalue weighted by molar-refractivity contribution is 7.64. The van der Waals surface area contributed by atoms with E-state index in [9.17, 15) is 0 Å². The lowest BCUT2D eigenvalue weighted by molar-refractivity contribution is 0.695. The van der Waals surface area contributed by atoms with Gasteiger partial charge in [0.2, 0.25) is 0 Å². The van der Waals surface area contributed by atoms with Crippen molar-refractivity contribution >= 4 is 15.8 Å². The van der Waals surface area contributed by atoms with E-state index >= 15 is 0 Å². The molecule has 14 heavy (non-hydrogen) atoms. The van der Waals surface area contributed by atoms with Gasteiger partial charge in [-0.15, -0.1) is 15.8 Å². The minimum atomic E-state index is 0.454. The maximum Gasteiger partial charge on any atom is -0.0229 e. The topological polar surface area (TPSA) is 0 Å². The summed E-state index contributed by atoms with van der Waals surface area (Å²) >= 11 is 0. The van der Waals surface area contributed by atoms with Crippen molar-refractivity contribution in [2.75, 3.05) is 12.3 Å². The Labute approximate surface area is 91.7 Å². The molecule has 4 unspecified atom stereocenters. The standard InChI is InChI=1S/C12H24P2/c1-9-7-10(2)13(9)5-6-14-11(3)8-12(14)4/h9-12H,5-8H2,1-4H3. The molecule has 0 aliphatic carbocycles. The van der Waals surface area contributed by atoms with E-state index in [0.717, 1.165) is 22.6 Å². The molecule has 2 heterocycles. The Morgan fingerprint density at radius 1 is 0.714 bits per heavy atom. The van der Waals surface area contributed by atoms with Gasteiger partial charge in [0.15, 0.2) is 0 Å². The smallest absolute Gasteiger partial charge is 0.0229 e. The van der Waals surface area contributed by atoms with Gasteiger partial charge >= 0.3 is 0 Å². The van der Waals surface area contributed by atoms with E-state index in [4.69, 9.17) is 0 Å². The predicted octanol–water partition coefficient (Wildman–Crippen LogP) is 4.31. The second-order valence-electron chi connectivity index (χ2n) is 5.34. The summed E-state index contributed by atoms with van der Waals surface area (Å²) < 4.78 is 0. The number of hydrogen-bond donors (Lipinski definition) is 0. The first-order valence-corrected chi connectivity index (χ1v) is 9.44. The summed E-state index contributed by atoms with van der Waals surface area (Å²) in [6.07, 6.45) is 6.26. The van der Waals surface area contributed by atoms with Crippen LogP contribution in [0.3, 0.4) is 0 Å². The maximum atomic E-state index is 2.48. The van der Waals surface area contributed by atoms with Crippen LogP contribution in [-0.4, -0.2) is 35.0 Å². The van der Waals surface area contributed by atoms with Crippen LogP contribution in [0.5, 0.6) is 0 Å². The normalized spacial score (nSPS) is 52.3. The summed E-state index contributed by atoms with van der Waals surface area (Å²) in [4.78, 5) is 0. The highest BCUT2D eigenvalue weighted by Crippen LogP contribution is 2.64. The zero-order valence-corrected chi connectivity index (χ0v) is 11.8. The molecule has 0 aromatic rings. The van der Waals surface area contributed by atoms with Crippen LogP contribution in [0, 0.1) is 0 Å². The van der Waals surface area contributed by atoms with Crippen LogP contribution in [-0.2, 0) is 0 Å². The van der Waals surface area contributed by atoms with E-state index in [2.05, 4.69) is 27.7 Å². The molecule has 0 N–H and O–H groups in total. The summed E-state index contributed by atoms with van der Waals surface area (Å²) in [5, 5.41) is 0. The van der Waals surface area contributed by atoms with Gasteiger partial charge in [-0.2, -0.15) is 0 Å². The molecule has 0 radical (unpaired) electrons. The molecule has 2 rings (SSSR count). The predicted molar refractivity (Wildman–Crippen MR) is 70.7 cm³/mol. The van der Waals surface area contributed by atoms with Crippen molar-refractivity contribution in [1.82, 2.24) is 0 Å². The first kappa shape index (κ1) is 11.3. The lowest BCUT2D eigenvalue weighted by Crippen LogP contribution is -2.31. The van der Waals surface area contributed by atoms with Gasteiger partial charge in [-0.25, -0.2) is 0 Å². The molecular weight excluding hydrogens is 206 g/mol. The molecule has 0 spiro atoms. The van der Waals surface area contributed by atoms with Crippen LogP contribution >= 0.6 is 15.8 Å². The molecule has 0 bridgehead atoms. The highest BCUT2D eigenvalue weighted by Gasteiger charge is 2.37. The Bertz CT molecular complexity index is 166. The molecular formula is C12H24P2. The average Bonchev–Trinajstić information content (AvgIpc) is 2.12. The Balaban J connectivity index is 1.72. The van der Waals surface area contributed by atoms with Gasteiger partial charge in [0.05, 0.1) is 0 Å². The van der Waals surface area contributed by atoms with Gasteiger partial charge in [-0.3, -0.25) is 0 Å². The van der Waals surface area contributed by atoms with E-state index in [1.165, 1.54) is 12.8 Å². The van der Waals surface area contributed by atoms with E-state index in [0.29, 0.717) is 15.8 Å². The van der Waals surface area contributed by atoms with Crippen molar-refractivity contribution in [3.8, 4) is 0 Å². The fourth-order valence-electron chi connectivity index (χ4n) is 3.23. The molecule has 2 saturated heterocycles. The lowest BCUT2D eigenvalue weighted by Gasteiger charge is -2.46. The van der Waals surface area contributed by atoms with E-state index in [1.807, 2.05) is 0 Å². The molecule has 0 saturated carbocycles. The quantitative estimate of drug-likeness (QED) is 0.634. The van der Waals surface area contributed by atoms with Crippen molar-refractivity contribution in [3.05, 3.63) is 0 Å². The lowest BCUT2D eigenvalue weighted by atomic mass is 10.2. The Kier molecular flexibility index (Phi) is 3.56. The van der Waals surface area contributed by atoms with Crippen molar-refractivity contribution in [2.45, 2.75) is 63.2 Å². The molecule has 2 fully saturated rings. The van der Waals surface area contributed by atoms with Gasteiger partial charge in [0.1, 0.15) is 0 Å². The number of hydrogen-bond acceptors (Lipinski definition) is 0. The molecule has 2 aliphatic rings. The SMILES string of the molecule is CC1CC(C)P1CCP1C(C)CC1C. The molecule has 0 aromatic heterocycles. The van der Waals surface area contributed by atoms with E-state index < -0.39 is 0 Å². The molecule has 0 nitrogen and oxygen atoms in total. The van der Waals surface area contributed by atoms with Crippen LogP contribution in [0.4, 0.5) is 0 Å².